The Kier molecular flexibility index (Phi) is 15.2. The van der Waals surface area contributed by atoms with Crippen LogP contribution in [0, 0.1) is 101 Å². The summed E-state index contributed by atoms with van der Waals surface area (Å²) in [5, 5.41) is 19.7. The van der Waals surface area contributed by atoms with Crippen LogP contribution < -0.4 is 0 Å². The molecule has 0 radical (unpaired) electrons. The average molecular weight is 1210 g/mol. The summed E-state index contributed by atoms with van der Waals surface area (Å²) in [6.07, 6.45) is 26.5. The molecule has 0 aliphatic heterocycles. The fraction of sp³-hybridized carbons (Fsp3) is 0.811. The van der Waals surface area contributed by atoms with E-state index in [2.05, 4.69) is 106 Å². The van der Waals surface area contributed by atoms with E-state index in [-0.39, 0.29) is 102 Å². The van der Waals surface area contributed by atoms with Crippen LogP contribution in [0.4, 0.5) is 0 Å². The zero-order chi connectivity index (χ0) is 62.6. The molecule has 14 heteroatoms. The predicted molar refractivity (Wildman–Crippen MR) is 336 cm³/mol. The molecule has 0 bridgehead atoms. The molecule has 20 atom stereocenters. The lowest BCUT2D eigenvalue weighted by atomic mass is 9.32. The number of ether oxygens (including phenoxy) is 4. The molecule has 14 nitrogen and oxygen atoms in total. The lowest BCUT2D eigenvalue weighted by molar-refractivity contribution is -0.251. The molecule has 13 rings (SSSR count). The van der Waals surface area contributed by atoms with Gasteiger partial charge < -0.3 is 18.9 Å². The Morgan fingerprint density at radius 2 is 0.818 bits per heavy atom. The van der Waals surface area contributed by atoms with Gasteiger partial charge in [0.15, 0.2) is 0 Å². The van der Waals surface area contributed by atoms with E-state index in [1.54, 1.807) is 27.7 Å². The summed E-state index contributed by atoms with van der Waals surface area (Å²) in [4.78, 5) is 49.8. The molecule has 0 spiro atoms. The summed E-state index contributed by atoms with van der Waals surface area (Å²) < 4.78 is 28.3. The van der Waals surface area contributed by atoms with E-state index in [4.69, 9.17) is 39.6 Å². The Balaban J connectivity index is 0.700. The Labute approximate surface area is 526 Å². The molecule has 1 aromatic carbocycles. The van der Waals surface area contributed by atoms with E-state index in [0.29, 0.717) is 73.6 Å². The molecule has 10 saturated carbocycles. The first-order valence-electron chi connectivity index (χ1n) is 35.0. The first-order valence-corrected chi connectivity index (χ1v) is 35.0. The second kappa shape index (κ2) is 21.5. The molecule has 0 unspecified atom stereocenters. The van der Waals surface area contributed by atoms with Gasteiger partial charge in [-0.3, -0.25) is 19.2 Å². The maximum Gasteiger partial charge on any atom is 0.302 e. The van der Waals surface area contributed by atoms with Crippen molar-refractivity contribution in [1.82, 2.24) is 30.0 Å². The number of esters is 4. The molecule has 3 aromatic rings. The van der Waals surface area contributed by atoms with Gasteiger partial charge in [0, 0.05) is 73.6 Å². The van der Waals surface area contributed by atoms with E-state index in [1.165, 1.54) is 49.7 Å². The first-order chi connectivity index (χ1) is 41.5. The monoisotopic (exact) mass is 1210 g/mol. The SMILES string of the molecule is CC(=O)OC[C@]12CC[C@@H](c3cn(Cc4ccc(Cn5cc([C@@H]6CC[C@]7(COC(C)=O)CC[C@]8(C)[C@H](CC[C@@H]9[C@@]%10(C)CC[C@H](OC(C)=O)C(C)(C)[C@@H]%10CC[C@]98C)[C@@H]67)nn5)cc4)nn3)[C@@H]1[C@H]1CC[C@@H]3[C@@]4(C)CC[C@H](OC(C)=O)C(C)(C)[C@@H]4CC[C@@]3(C)[C@]1(C)CC2. The number of carbonyl (C=O) groups excluding carboxylic acids is 4. The zero-order valence-electron chi connectivity index (χ0n) is 56.3. The second-order valence-electron chi connectivity index (χ2n) is 34.4. The van der Waals surface area contributed by atoms with Gasteiger partial charge in [0.2, 0.25) is 0 Å². The predicted octanol–water partition coefficient (Wildman–Crippen LogP) is 15.1. The summed E-state index contributed by atoms with van der Waals surface area (Å²) in [5.74, 6) is 3.62. The maximum absolute atomic E-state index is 12.6. The van der Waals surface area contributed by atoms with Gasteiger partial charge in [0.1, 0.15) is 12.2 Å². The van der Waals surface area contributed by atoms with Crippen LogP contribution in [0.5, 0.6) is 0 Å². The number of hydrogen-bond donors (Lipinski definition) is 0. The van der Waals surface area contributed by atoms with Crippen LogP contribution in [-0.4, -0.2) is 79.3 Å². The number of nitrogens with zero attached hydrogens (tertiary/aromatic N) is 6. The largest absolute Gasteiger partial charge is 0.465 e. The van der Waals surface area contributed by atoms with E-state index in [0.717, 1.165) is 101 Å². The van der Waals surface area contributed by atoms with Crippen LogP contribution in [0.3, 0.4) is 0 Å². The smallest absolute Gasteiger partial charge is 0.302 e. The summed E-state index contributed by atoms with van der Waals surface area (Å²) in [6.45, 7) is 33.9. The Hall–Kier alpha value is -4.62. The molecule has 0 saturated heterocycles. The summed E-state index contributed by atoms with van der Waals surface area (Å²) in [5.41, 5.74) is 5.10. The Morgan fingerprint density at radius 3 is 1.18 bits per heavy atom. The second-order valence-corrected chi connectivity index (χ2v) is 34.4. The lowest BCUT2D eigenvalue weighted by Crippen LogP contribution is -2.67. The topological polar surface area (TPSA) is 167 Å². The van der Waals surface area contributed by atoms with E-state index >= 15 is 0 Å². The summed E-state index contributed by atoms with van der Waals surface area (Å²) >= 11 is 0. The number of aromatic nitrogens is 6. The maximum atomic E-state index is 12.6. The van der Waals surface area contributed by atoms with E-state index < -0.39 is 0 Å². The van der Waals surface area contributed by atoms with Crippen molar-refractivity contribution in [2.45, 2.75) is 262 Å². The van der Waals surface area contributed by atoms with Crippen molar-refractivity contribution in [2.24, 2.45) is 101 Å². The van der Waals surface area contributed by atoms with Crippen molar-refractivity contribution >= 4 is 23.9 Å². The molecule has 0 N–H and O–H groups in total. The molecular formula is C74H108N6O8. The van der Waals surface area contributed by atoms with Crippen LogP contribution in [0.15, 0.2) is 36.7 Å². The van der Waals surface area contributed by atoms with Gasteiger partial charge in [-0.05, 0) is 219 Å². The van der Waals surface area contributed by atoms with Crippen LogP contribution in [0.1, 0.15) is 260 Å². The highest BCUT2D eigenvalue weighted by Crippen LogP contribution is 2.80. The number of fused-ring (bicyclic) bond motifs is 14. The van der Waals surface area contributed by atoms with Gasteiger partial charge in [-0.2, -0.15) is 0 Å². The van der Waals surface area contributed by atoms with Crippen molar-refractivity contribution in [3.63, 3.8) is 0 Å². The highest BCUT2D eigenvalue weighted by atomic mass is 16.6. The number of rotatable bonds is 12. The third-order valence-corrected chi connectivity index (χ3v) is 30.4. The molecular weight excluding hydrogens is 1100 g/mol. The summed E-state index contributed by atoms with van der Waals surface area (Å²) in [7, 11) is 0. The Bertz CT molecular complexity index is 2980. The lowest BCUT2D eigenvalue weighted by Gasteiger charge is -2.73. The highest BCUT2D eigenvalue weighted by Gasteiger charge is 2.74. The van der Waals surface area contributed by atoms with Gasteiger partial charge in [-0.25, -0.2) is 9.36 Å². The van der Waals surface area contributed by atoms with Gasteiger partial charge in [0.05, 0.1) is 37.7 Å². The molecule has 10 fully saturated rings. The number of hydrogen-bond acceptors (Lipinski definition) is 12. The fourth-order valence-electron chi connectivity index (χ4n) is 26.1. The Morgan fingerprint density at radius 1 is 0.432 bits per heavy atom. The van der Waals surface area contributed by atoms with Gasteiger partial charge in [-0.15, -0.1) is 10.2 Å². The van der Waals surface area contributed by atoms with Gasteiger partial charge in [0.25, 0.3) is 0 Å². The molecule has 10 aliphatic carbocycles. The minimum Gasteiger partial charge on any atom is -0.465 e. The average Bonchev–Trinajstić information content (AvgIpc) is 1.06. The van der Waals surface area contributed by atoms with Crippen LogP contribution in [0.25, 0.3) is 0 Å². The molecule has 88 heavy (non-hydrogen) atoms. The summed E-state index contributed by atoms with van der Waals surface area (Å²) in [6, 6.07) is 8.89. The van der Waals surface area contributed by atoms with Crippen molar-refractivity contribution in [3.8, 4) is 0 Å². The number of carbonyl (C=O) groups is 4. The standard InChI is InChI=1S/C74H108N6O8/c1-45(81)85-43-73-33-23-51(63(73)53-19-21-59-67(9)29-27-61(87-47(3)83)65(5,6)57(67)25-31-71(59,13)69(53,11)35-37-73)55-41-79(77-75-55)39-49-15-17-50(18-16-49)40-80-42-56(76-78-80)52-24-34-74(44-86-46(2)82)38-36-70(12)54(64(52)74)20-22-60-68(10)30-28-62(88-48(4)84)66(7,8)58(68)26-32-72(60,70)14/h15-18,41-42,51-54,57-64H,19-40,43-44H2,1-14H3/t51-,52-,53+,54+,57-,58-,59+,60+,61-,62-,63+,64+,67-,68-,69+,70+,71+,72+,73+,74+/m0/s1. The molecule has 482 valence electrons. The van der Waals surface area contributed by atoms with Crippen molar-refractivity contribution in [3.05, 3.63) is 59.2 Å². The van der Waals surface area contributed by atoms with Crippen LogP contribution in [0.2, 0.25) is 0 Å². The van der Waals surface area contributed by atoms with Crippen LogP contribution >= 0.6 is 0 Å². The third-order valence-electron chi connectivity index (χ3n) is 30.4. The molecule has 2 aromatic heterocycles. The van der Waals surface area contributed by atoms with E-state index in [9.17, 15) is 19.2 Å². The third kappa shape index (κ3) is 9.33. The van der Waals surface area contributed by atoms with Crippen molar-refractivity contribution < 1.29 is 38.1 Å². The van der Waals surface area contributed by atoms with Crippen molar-refractivity contribution in [2.75, 3.05) is 13.2 Å². The molecule has 2 heterocycles. The van der Waals surface area contributed by atoms with Crippen molar-refractivity contribution in [1.29, 1.82) is 0 Å². The molecule has 10 aliphatic rings. The quantitative estimate of drug-likeness (QED) is 0.125. The van der Waals surface area contributed by atoms with E-state index in [1.807, 2.05) is 9.36 Å². The van der Waals surface area contributed by atoms with Gasteiger partial charge >= 0.3 is 23.9 Å². The van der Waals surface area contributed by atoms with Gasteiger partial charge in [-0.1, -0.05) is 104 Å². The highest BCUT2D eigenvalue weighted by molar-refractivity contribution is 5.67. The zero-order valence-corrected chi connectivity index (χ0v) is 56.3. The number of benzene rings is 1. The molecule has 0 amide bonds. The van der Waals surface area contributed by atoms with Crippen LogP contribution in [-0.2, 0) is 51.2 Å². The minimum absolute atomic E-state index is 0.0342. The fourth-order valence-corrected chi connectivity index (χ4v) is 26.1. The first kappa shape index (κ1) is 62.2. The minimum atomic E-state index is -0.189. The normalized spacial score (nSPS) is 44.2.